The smallest absolute Gasteiger partial charge is 0.242 e. The standard InChI is InChI=1S/C13H24N4O/c1-6-7-17-9-11(8-14-17)15-10(2)12(18)16-13(3,4)5/h8-10,15H,6-7H2,1-5H3,(H,16,18)/t10-/m0/s1. The van der Waals surface area contributed by atoms with Crippen LogP contribution in [0.1, 0.15) is 41.0 Å². The number of nitrogens with zero attached hydrogens (tertiary/aromatic N) is 2. The van der Waals surface area contributed by atoms with E-state index in [0.717, 1.165) is 18.7 Å². The van der Waals surface area contributed by atoms with E-state index in [-0.39, 0.29) is 17.5 Å². The zero-order chi connectivity index (χ0) is 13.8. The lowest BCUT2D eigenvalue weighted by Crippen LogP contribution is -2.47. The van der Waals surface area contributed by atoms with Crippen LogP contribution in [0.5, 0.6) is 0 Å². The molecule has 0 aliphatic rings. The number of aromatic nitrogens is 2. The first-order valence-electron chi connectivity index (χ1n) is 6.43. The first-order valence-corrected chi connectivity index (χ1v) is 6.43. The lowest BCUT2D eigenvalue weighted by molar-refractivity contribution is -0.122. The highest BCUT2D eigenvalue weighted by Crippen LogP contribution is 2.08. The van der Waals surface area contributed by atoms with E-state index < -0.39 is 0 Å². The van der Waals surface area contributed by atoms with Crippen LogP contribution >= 0.6 is 0 Å². The molecule has 0 aromatic carbocycles. The topological polar surface area (TPSA) is 59.0 Å². The maximum absolute atomic E-state index is 11.9. The summed E-state index contributed by atoms with van der Waals surface area (Å²) in [5, 5.41) is 10.3. The van der Waals surface area contributed by atoms with Gasteiger partial charge in [0.1, 0.15) is 6.04 Å². The van der Waals surface area contributed by atoms with E-state index in [0.29, 0.717) is 0 Å². The fraction of sp³-hybridized carbons (Fsp3) is 0.692. The summed E-state index contributed by atoms with van der Waals surface area (Å²) in [6.45, 7) is 10.8. The maximum atomic E-state index is 11.9. The molecule has 0 bridgehead atoms. The van der Waals surface area contributed by atoms with Crippen molar-refractivity contribution in [1.29, 1.82) is 0 Å². The van der Waals surface area contributed by atoms with E-state index >= 15 is 0 Å². The molecule has 18 heavy (non-hydrogen) atoms. The van der Waals surface area contributed by atoms with Gasteiger partial charge in [-0.15, -0.1) is 0 Å². The van der Waals surface area contributed by atoms with Crippen molar-refractivity contribution in [1.82, 2.24) is 15.1 Å². The Morgan fingerprint density at radius 3 is 2.72 bits per heavy atom. The van der Waals surface area contributed by atoms with Gasteiger partial charge in [0.2, 0.25) is 5.91 Å². The van der Waals surface area contributed by atoms with Gasteiger partial charge in [-0.3, -0.25) is 9.48 Å². The van der Waals surface area contributed by atoms with Gasteiger partial charge >= 0.3 is 0 Å². The Balaban J connectivity index is 2.52. The molecule has 5 nitrogen and oxygen atoms in total. The summed E-state index contributed by atoms with van der Waals surface area (Å²) in [5.74, 6) is -0.00857. The zero-order valence-corrected chi connectivity index (χ0v) is 11.9. The molecule has 0 aliphatic heterocycles. The number of aryl methyl sites for hydroxylation is 1. The number of nitrogens with one attached hydrogen (secondary N) is 2. The van der Waals surface area contributed by atoms with E-state index in [4.69, 9.17) is 0 Å². The normalized spacial score (nSPS) is 13.2. The maximum Gasteiger partial charge on any atom is 0.242 e. The molecular formula is C13H24N4O. The first kappa shape index (κ1) is 14.5. The average Bonchev–Trinajstić information content (AvgIpc) is 2.63. The van der Waals surface area contributed by atoms with Gasteiger partial charge in [-0.25, -0.2) is 0 Å². The number of hydrogen-bond donors (Lipinski definition) is 2. The average molecular weight is 252 g/mol. The Bertz CT molecular complexity index is 392. The predicted octanol–water partition coefficient (Wildman–Crippen LogP) is 2.01. The monoisotopic (exact) mass is 252 g/mol. The van der Waals surface area contributed by atoms with Crippen LogP contribution in [0.2, 0.25) is 0 Å². The van der Waals surface area contributed by atoms with E-state index in [2.05, 4.69) is 22.7 Å². The van der Waals surface area contributed by atoms with Crippen LogP contribution < -0.4 is 10.6 Å². The van der Waals surface area contributed by atoms with E-state index in [1.807, 2.05) is 38.6 Å². The Hall–Kier alpha value is -1.52. The molecule has 1 atom stereocenters. The summed E-state index contributed by atoms with van der Waals surface area (Å²) < 4.78 is 1.87. The highest BCUT2D eigenvalue weighted by molar-refractivity contribution is 5.84. The van der Waals surface area contributed by atoms with Crippen LogP contribution in [0.25, 0.3) is 0 Å². The molecule has 2 N–H and O–H groups in total. The molecular weight excluding hydrogens is 228 g/mol. The van der Waals surface area contributed by atoms with E-state index in [1.54, 1.807) is 6.20 Å². The molecule has 0 aliphatic carbocycles. The minimum absolute atomic E-state index is 0.00857. The molecule has 1 rings (SSSR count). The fourth-order valence-electron chi connectivity index (χ4n) is 1.58. The Morgan fingerprint density at radius 1 is 1.50 bits per heavy atom. The quantitative estimate of drug-likeness (QED) is 0.842. The summed E-state index contributed by atoms with van der Waals surface area (Å²) in [4.78, 5) is 11.9. The highest BCUT2D eigenvalue weighted by Gasteiger charge is 2.19. The molecule has 102 valence electrons. The van der Waals surface area contributed by atoms with E-state index in [9.17, 15) is 4.79 Å². The lowest BCUT2D eigenvalue weighted by atomic mass is 10.1. The molecule has 0 saturated carbocycles. The number of carbonyl (C=O) groups excluding carboxylic acids is 1. The molecule has 1 aromatic rings. The second-order valence-corrected chi connectivity index (χ2v) is 5.60. The van der Waals surface area contributed by atoms with Crippen molar-refractivity contribution in [3.63, 3.8) is 0 Å². The Kier molecular flexibility index (Phi) is 4.76. The summed E-state index contributed by atoms with van der Waals surface area (Å²) in [6.07, 6.45) is 4.71. The first-order chi connectivity index (χ1) is 8.31. The Morgan fingerprint density at radius 2 is 2.17 bits per heavy atom. The zero-order valence-electron chi connectivity index (χ0n) is 11.9. The van der Waals surface area contributed by atoms with Crippen molar-refractivity contribution in [2.45, 2.75) is 59.2 Å². The molecule has 1 aromatic heterocycles. The van der Waals surface area contributed by atoms with Crippen molar-refractivity contribution < 1.29 is 4.79 Å². The van der Waals surface area contributed by atoms with Crippen LogP contribution in [-0.2, 0) is 11.3 Å². The number of carbonyl (C=O) groups is 1. The second kappa shape index (κ2) is 5.89. The minimum atomic E-state index is -0.275. The summed E-state index contributed by atoms with van der Waals surface area (Å²) >= 11 is 0. The fourth-order valence-corrected chi connectivity index (χ4v) is 1.58. The number of hydrogen-bond acceptors (Lipinski definition) is 3. The lowest BCUT2D eigenvalue weighted by Gasteiger charge is -2.23. The van der Waals surface area contributed by atoms with E-state index in [1.165, 1.54) is 0 Å². The summed E-state index contributed by atoms with van der Waals surface area (Å²) in [6, 6.07) is -0.275. The SMILES string of the molecule is CCCn1cc(N[C@@H](C)C(=O)NC(C)(C)C)cn1. The van der Waals surface area contributed by atoms with Gasteiger partial charge in [0.25, 0.3) is 0 Å². The van der Waals surface area contributed by atoms with Crippen molar-refractivity contribution in [2.75, 3.05) is 5.32 Å². The van der Waals surface area contributed by atoms with Crippen LogP contribution in [0.4, 0.5) is 5.69 Å². The third-order valence-electron chi connectivity index (χ3n) is 2.36. The number of rotatable bonds is 5. The third kappa shape index (κ3) is 4.77. The highest BCUT2D eigenvalue weighted by atomic mass is 16.2. The molecule has 0 radical (unpaired) electrons. The molecule has 0 saturated heterocycles. The number of amides is 1. The molecule has 1 heterocycles. The molecule has 1 amide bonds. The minimum Gasteiger partial charge on any atom is -0.371 e. The number of anilines is 1. The van der Waals surface area contributed by atoms with Crippen LogP contribution in [0.15, 0.2) is 12.4 Å². The van der Waals surface area contributed by atoms with Gasteiger partial charge in [-0.1, -0.05) is 6.92 Å². The second-order valence-electron chi connectivity index (χ2n) is 5.60. The van der Waals surface area contributed by atoms with Crippen molar-refractivity contribution >= 4 is 11.6 Å². The van der Waals surface area contributed by atoms with Crippen molar-refractivity contribution in [3.8, 4) is 0 Å². The van der Waals surface area contributed by atoms with Crippen molar-refractivity contribution in [2.24, 2.45) is 0 Å². The predicted molar refractivity (Wildman–Crippen MR) is 73.5 cm³/mol. The van der Waals surface area contributed by atoms with Crippen LogP contribution in [0.3, 0.4) is 0 Å². The van der Waals surface area contributed by atoms with Crippen molar-refractivity contribution in [3.05, 3.63) is 12.4 Å². The van der Waals surface area contributed by atoms with Gasteiger partial charge < -0.3 is 10.6 Å². The molecule has 0 fully saturated rings. The summed E-state index contributed by atoms with van der Waals surface area (Å²) in [7, 11) is 0. The van der Waals surface area contributed by atoms with Gasteiger partial charge in [-0.2, -0.15) is 5.10 Å². The molecule has 5 heteroatoms. The Labute approximate surface area is 109 Å². The van der Waals surface area contributed by atoms with Gasteiger partial charge in [0.05, 0.1) is 11.9 Å². The van der Waals surface area contributed by atoms with Gasteiger partial charge in [0, 0.05) is 18.3 Å². The molecule has 0 spiro atoms. The van der Waals surface area contributed by atoms with Gasteiger partial charge in [0.15, 0.2) is 0 Å². The third-order valence-corrected chi connectivity index (χ3v) is 2.36. The van der Waals surface area contributed by atoms with Gasteiger partial charge in [-0.05, 0) is 34.1 Å². The molecule has 0 unspecified atom stereocenters. The summed E-state index contributed by atoms with van der Waals surface area (Å²) in [5.41, 5.74) is 0.666. The van der Waals surface area contributed by atoms with Crippen LogP contribution in [0, 0.1) is 0 Å². The largest absolute Gasteiger partial charge is 0.371 e. The van der Waals surface area contributed by atoms with Crippen LogP contribution in [-0.4, -0.2) is 27.3 Å².